The van der Waals surface area contributed by atoms with E-state index in [-0.39, 0.29) is 24.5 Å². The first kappa shape index (κ1) is 15.7. The molecule has 1 N–H and O–H groups in total. The Balaban J connectivity index is 2.93. The van der Waals surface area contributed by atoms with Crippen molar-refractivity contribution < 1.29 is 27.9 Å². The Morgan fingerprint density at radius 2 is 1.84 bits per heavy atom. The van der Waals surface area contributed by atoms with E-state index in [4.69, 9.17) is 9.84 Å². The van der Waals surface area contributed by atoms with E-state index in [9.17, 15) is 18.0 Å². The Morgan fingerprint density at radius 3 is 2.32 bits per heavy atom. The highest BCUT2D eigenvalue weighted by molar-refractivity contribution is 7.91. The maximum atomic E-state index is 11.9. The number of amides is 1. The highest BCUT2D eigenvalue weighted by Gasteiger charge is 2.36. The van der Waals surface area contributed by atoms with E-state index in [1.165, 1.54) is 0 Å². The molecule has 1 amide bonds. The van der Waals surface area contributed by atoms with Crippen molar-refractivity contribution in [3.63, 3.8) is 0 Å². The molecule has 19 heavy (non-hydrogen) atoms. The SMILES string of the molecule is CC(C)(C)OC(=O)N1CCS(=O)(=O)CCC1C(=O)O. The van der Waals surface area contributed by atoms with Crippen molar-refractivity contribution in [2.24, 2.45) is 0 Å². The molecule has 0 bridgehead atoms. The smallest absolute Gasteiger partial charge is 0.411 e. The second-order valence-corrected chi connectivity index (χ2v) is 7.77. The zero-order chi connectivity index (χ0) is 14.8. The van der Waals surface area contributed by atoms with Crippen LogP contribution < -0.4 is 0 Å². The number of carboxylic acid groups (broad SMARTS) is 1. The van der Waals surface area contributed by atoms with Crippen LogP contribution in [0.25, 0.3) is 0 Å². The molecular formula is C11H19NO6S. The molecule has 110 valence electrons. The second-order valence-electron chi connectivity index (χ2n) is 5.47. The minimum Gasteiger partial charge on any atom is -0.480 e. The maximum absolute atomic E-state index is 11.9. The summed E-state index contributed by atoms with van der Waals surface area (Å²) in [4.78, 5) is 24.1. The summed E-state index contributed by atoms with van der Waals surface area (Å²) in [7, 11) is -3.31. The number of rotatable bonds is 1. The summed E-state index contributed by atoms with van der Waals surface area (Å²) >= 11 is 0. The summed E-state index contributed by atoms with van der Waals surface area (Å²) in [5.41, 5.74) is -0.759. The number of carboxylic acids is 1. The van der Waals surface area contributed by atoms with Gasteiger partial charge in [0.25, 0.3) is 0 Å². The summed E-state index contributed by atoms with van der Waals surface area (Å²) < 4.78 is 28.2. The normalized spacial score (nSPS) is 23.5. The molecule has 0 aromatic rings. The molecule has 8 heteroatoms. The monoisotopic (exact) mass is 293 g/mol. The number of aliphatic carboxylic acids is 1. The largest absolute Gasteiger partial charge is 0.480 e. The number of hydrogen-bond acceptors (Lipinski definition) is 5. The third kappa shape index (κ3) is 4.70. The third-order valence-corrected chi connectivity index (χ3v) is 4.30. The molecule has 0 saturated carbocycles. The lowest BCUT2D eigenvalue weighted by Gasteiger charge is -2.29. The van der Waals surface area contributed by atoms with Crippen molar-refractivity contribution in [1.29, 1.82) is 0 Å². The Bertz CT molecular complexity index is 464. The van der Waals surface area contributed by atoms with Crippen LogP contribution in [0.2, 0.25) is 0 Å². The van der Waals surface area contributed by atoms with Gasteiger partial charge in [-0.3, -0.25) is 4.90 Å². The van der Waals surface area contributed by atoms with Crippen molar-refractivity contribution >= 4 is 21.9 Å². The van der Waals surface area contributed by atoms with Gasteiger partial charge in [-0.25, -0.2) is 18.0 Å². The van der Waals surface area contributed by atoms with E-state index in [1.807, 2.05) is 0 Å². The highest BCUT2D eigenvalue weighted by atomic mass is 32.2. The summed E-state index contributed by atoms with van der Waals surface area (Å²) in [5.74, 6) is -1.69. The zero-order valence-electron chi connectivity index (χ0n) is 11.2. The molecule has 1 unspecified atom stereocenters. The van der Waals surface area contributed by atoms with Crippen LogP contribution in [0.3, 0.4) is 0 Å². The molecule has 1 aliphatic heterocycles. The average molecular weight is 293 g/mol. The molecule has 1 aliphatic rings. The maximum Gasteiger partial charge on any atom is 0.411 e. The molecule has 1 atom stereocenters. The molecule has 1 saturated heterocycles. The van der Waals surface area contributed by atoms with Gasteiger partial charge in [-0.2, -0.15) is 0 Å². The fraction of sp³-hybridized carbons (Fsp3) is 0.818. The topological polar surface area (TPSA) is 101 Å². The molecule has 0 aliphatic carbocycles. The van der Waals surface area contributed by atoms with Crippen LogP contribution in [0.15, 0.2) is 0 Å². The number of sulfone groups is 1. The van der Waals surface area contributed by atoms with Gasteiger partial charge in [0.1, 0.15) is 11.6 Å². The van der Waals surface area contributed by atoms with E-state index in [0.717, 1.165) is 4.90 Å². The molecular weight excluding hydrogens is 274 g/mol. The molecule has 7 nitrogen and oxygen atoms in total. The van der Waals surface area contributed by atoms with Gasteiger partial charge in [0.2, 0.25) is 0 Å². The van der Waals surface area contributed by atoms with E-state index >= 15 is 0 Å². The highest BCUT2D eigenvalue weighted by Crippen LogP contribution is 2.17. The van der Waals surface area contributed by atoms with E-state index in [1.54, 1.807) is 20.8 Å². The quantitative estimate of drug-likeness (QED) is 0.755. The Labute approximate surface area is 112 Å². The summed E-state index contributed by atoms with van der Waals surface area (Å²) in [6.07, 6.45) is -0.909. The van der Waals surface area contributed by atoms with Gasteiger partial charge < -0.3 is 9.84 Å². The standard InChI is InChI=1S/C11H19NO6S/c1-11(2,3)18-10(15)12-5-7-19(16,17)6-4-8(12)9(13)14/h8H,4-7H2,1-3H3,(H,13,14). The van der Waals surface area contributed by atoms with E-state index in [2.05, 4.69) is 0 Å². The Kier molecular flexibility index (Phi) is 4.44. The van der Waals surface area contributed by atoms with Crippen LogP contribution >= 0.6 is 0 Å². The molecule has 1 fully saturated rings. The number of ether oxygens (including phenoxy) is 1. The third-order valence-electron chi connectivity index (χ3n) is 2.63. The number of carbonyl (C=O) groups excluding carboxylic acids is 1. The van der Waals surface area contributed by atoms with Gasteiger partial charge in [-0.15, -0.1) is 0 Å². The average Bonchev–Trinajstić information content (AvgIpc) is 2.33. The molecule has 0 radical (unpaired) electrons. The van der Waals surface area contributed by atoms with Crippen LogP contribution in [-0.2, 0) is 19.4 Å². The molecule has 0 spiro atoms. The predicted molar refractivity (Wildman–Crippen MR) is 67.6 cm³/mol. The van der Waals surface area contributed by atoms with Gasteiger partial charge >= 0.3 is 12.1 Å². The van der Waals surface area contributed by atoms with Crippen molar-refractivity contribution in [3.05, 3.63) is 0 Å². The predicted octanol–water partition coefficient (Wildman–Crippen LogP) is 0.495. The molecule has 0 aromatic heterocycles. The van der Waals surface area contributed by atoms with Gasteiger partial charge in [-0.1, -0.05) is 0 Å². The molecule has 0 aromatic carbocycles. The van der Waals surface area contributed by atoms with E-state index in [0.29, 0.717) is 0 Å². The van der Waals surface area contributed by atoms with Crippen LogP contribution in [0.4, 0.5) is 4.79 Å². The summed E-state index contributed by atoms with van der Waals surface area (Å²) in [5, 5.41) is 9.11. The Morgan fingerprint density at radius 1 is 1.26 bits per heavy atom. The first-order valence-corrected chi connectivity index (χ1v) is 7.77. The van der Waals surface area contributed by atoms with Crippen molar-refractivity contribution in [3.8, 4) is 0 Å². The Hall–Kier alpha value is -1.31. The van der Waals surface area contributed by atoms with Crippen LogP contribution in [0.5, 0.6) is 0 Å². The fourth-order valence-electron chi connectivity index (χ4n) is 1.74. The first-order chi connectivity index (χ1) is 8.52. The molecule has 1 heterocycles. The van der Waals surface area contributed by atoms with Crippen LogP contribution in [-0.4, -0.2) is 60.2 Å². The van der Waals surface area contributed by atoms with Crippen LogP contribution in [0.1, 0.15) is 27.2 Å². The zero-order valence-corrected chi connectivity index (χ0v) is 12.1. The minimum absolute atomic E-state index is 0.114. The number of nitrogens with zero attached hydrogens (tertiary/aromatic N) is 1. The number of carbonyl (C=O) groups is 2. The second kappa shape index (κ2) is 5.36. The van der Waals surface area contributed by atoms with Crippen LogP contribution in [0, 0.1) is 0 Å². The van der Waals surface area contributed by atoms with Gasteiger partial charge in [0, 0.05) is 6.54 Å². The van der Waals surface area contributed by atoms with E-state index < -0.39 is 33.5 Å². The van der Waals surface area contributed by atoms with Crippen molar-refractivity contribution in [2.75, 3.05) is 18.1 Å². The van der Waals surface area contributed by atoms with Gasteiger partial charge in [-0.05, 0) is 27.2 Å². The van der Waals surface area contributed by atoms with Crippen molar-refractivity contribution in [1.82, 2.24) is 4.90 Å². The van der Waals surface area contributed by atoms with Gasteiger partial charge in [0.15, 0.2) is 9.84 Å². The lowest BCUT2D eigenvalue weighted by molar-refractivity contribution is -0.143. The fourth-order valence-corrected chi connectivity index (χ4v) is 3.00. The summed E-state index contributed by atoms with van der Waals surface area (Å²) in [6.45, 7) is 4.83. The van der Waals surface area contributed by atoms with Gasteiger partial charge in [0.05, 0.1) is 11.5 Å². The minimum atomic E-state index is -3.31. The lowest BCUT2D eigenvalue weighted by Crippen LogP contribution is -2.47. The molecule has 1 rings (SSSR count). The lowest BCUT2D eigenvalue weighted by atomic mass is 10.2. The summed E-state index contributed by atoms with van der Waals surface area (Å²) in [6, 6.07) is -1.16. The number of hydrogen-bond donors (Lipinski definition) is 1. The first-order valence-electron chi connectivity index (χ1n) is 5.95. The van der Waals surface area contributed by atoms with Crippen molar-refractivity contribution in [2.45, 2.75) is 38.8 Å².